The summed E-state index contributed by atoms with van der Waals surface area (Å²) in [5.74, 6) is 0.135. The zero-order valence-electron chi connectivity index (χ0n) is 10.9. The molecule has 0 aromatic heterocycles. The second-order valence-corrected chi connectivity index (χ2v) is 4.70. The van der Waals surface area contributed by atoms with Gasteiger partial charge < -0.3 is 10.5 Å². The molecule has 0 aliphatic heterocycles. The third-order valence-corrected chi connectivity index (χ3v) is 3.01. The summed E-state index contributed by atoms with van der Waals surface area (Å²) in [6.07, 6.45) is 0. The molecule has 108 valence electrons. The lowest BCUT2D eigenvalue weighted by Gasteiger charge is -2.07. The summed E-state index contributed by atoms with van der Waals surface area (Å²) in [7, 11) is 0. The van der Waals surface area contributed by atoms with E-state index in [9.17, 15) is 10.1 Å². The van der Waals surface area contributed by atoms with Crippen molar-refractivity contribution in [2.75, 3.05) is 0 Å². The minimum absolute atomic E-state index is 0.0178. The second-order valence-electron chi connectivity index (χ2n) is 4.27. The van der Waals surface area contributed by atoms with Crippen LogP contribution in [0, 0.1) is 15.5 Å². The van der Waals surface area contributed by atoms with Gasteiger partial charge in [0.25, 0.3) is 0 Å². The molecular formula is C14H12ClN3O3. The molecular weight excluding hydrogens is 294 g/mol. The molecule has 0 saturated carbocycles. The third kappa shape index (κ3) is 3.70. The van der Waals surface area contributed by atoms with E-state index < -0.39 is 4.92 Å². The molecule has 2 rings (SSSR count). The van der Waals surface area contributed by atoms with Crippen molar-refractivity contribution in [2.45, 2.75) is 6.61 Å². The number of nitro benzene ring substituents is 1. The van der Waals surface area contributed by atoms with Gasteiger partial charge in [-0.3, -0.25) is 15.5 Å². The van der Waals surface area contributed by atoms with Gasteiger partial charge in [0, 0.05) is 16.7 Å². The SMILES string of the molecule is N=C(N)c1ccc(COc2ccc(Cl)cc2[N+](=O)[O-])cc1. The van der Waals surface area contributed by atoms with E-state index in [1.165, 1.54) is 18.2 Å². The first-order valence-electron chi connectivity index (χ1n) is 5.97. The monoisotopic (exact) mass is 305 g/mol. The van der Waals surface area contributed by atoms with Crippen LogP contribution in [0.1, 0.15) is 11.1 Å². The molecule has 0 aliphatic rings. The first-order chi connectivity index (χ1) is 9.97. The van der Waals surface area contributed by atoms with Crippen molar-refractivity contribution in [1.29, 1.82) is 5.41 Å². The number of nitro groups is 1. The highest BCUT2D eigenvalue weighted by Gasteiger charge is 2.15. The van der Waals surface area contributed by atoms with Gasteiger partial charge in [-0.2, -0.15) is 0 Å². The molecule has 0 unspecified atom stereocenters. The van der Waals surface area contributed by atoms with Crippen LogP contribution in [0.5, 0.6) is 5.75 Å². The Kier molecular flexibility index (Phi) is 4.39. The summed E-state index contributed by atoms with van der Waals surface area (Å²) in [6, 6.07) is 11.1. The number of nitrogens with zero attached hydrogens (tertiary/aromatic N) is 1. The maximum absolute atomic E-state index is 10.9. The molecule has 0 radical (unpaired) electrons. The molecule has 0 fully saturated rings. The maximum atomic E-state index is 10.9. The van der Waals surface area contributed by atoms with Crippen LogP contribution in [-0.2, 0) is 6.61 Å². The number of benzene rings is 2. The van der Waals surface area contributed by atoms with E-state index >= 15 is 0 Å². The normalized spacial score (nSPS) is 10.1. The predicted octanol–water partition coefficient (Wildman–Crippen LogP) is 3.11. The Labute approximate surface area is 125 Å². The van der Waals surface area contributed by atoms with E-state index in [4.69, 9.17) is 27.5 Å². The van der Waals surface area contributed by atoms with Gasteiger partial charge in [0.1, 0.15) is 12.4 Å². The summed E-state index contributed by atoms with van der Waals surface area (Å²) < 4.78 is 5.45. The Morgan fingerprint density at radius 3 is 2.52 bits per heavy atom. The Morgan fingerprint density at radius 2 is 1.95 bits per heavy atom. The minimum Gasteiger partial charge on any atom is -0.482 e. The van der Waals surface area contributed by atoms with E-state index in [-0.39, 0.29) is 28.9 Å². The Morgan fingerprint density at radius 1 is 1.29 bits per heavy atom. The van der Waals surface area contributed by atoms with Gasteiger partial charge in [-0.25, -0.2) is 0 Å². The Bertz CT molecular complexity index is 686. The van der Waals surface area contributed by atoms with E-state index in [0.717, 1.165) is 5.56 Å². The summed E-state index contributed by atoms with van der Waals surface area (Å²) in [4.78, 5) is 10.4. The minimum atomic E-state index is -0.542. The quantitative estimate of drug-likeness (QED) is 0.383. The molecule has 0 aliphatic carbocycles. The van der Waals surface area contributed by atoms with Gasteiger partial charge >= 0.3 is 5.69 Å². The third-order valence-electron chi connectivity index (χ3n) is 2.78. The number of nitrogen functional groups attached to an aromatic ring is 1. The van der Waals surface area contributed by atoms with Crippen LogP contribution >= 0.6 is 11.6 Å². The number of nitrogens with two attached hydrogens (primary N) is 1. The molecule has 0 bridgehead atoms. The molecule has 2 aromatic rings. The predicted molar refractivity (Wildman–Crippen MR) is 79.9 cm³/mol. The van der Waals surface area contributed by atoms with E-state index in [1.807, 2.05) is 0 Å². The van der Waals surface area contributed by atoms with Crippen molar-refractivity contribution in [3.63, 3.8) is 0 Å². The maximum Gasteiger partial charge on any atom is 0.312 e. The highest BCUT2D eigenvalue weighted by atomic mass is 35.5. The van der Waals surface area contributed by atoms with Gasteiger partial charge in [0.05, 0.1) is 4.92 Å². The average molecular weight is 306 g/mol. The highest BCUT2D eigenvalue weighted by Crippen LogP contribution is 2.30. The number of amidine groups is 1. The second kappa shape index (κ2) is 6.23. The highest BCUT2D eigenvalue weighted by molar-refractivity contribution is 6.30. The van der Waals surface area contributed by atoms with Crippen molar-refractivity contribution >= 4 is 23.1 Å². The number of ether oxygens (including phenoxy) is 1. The smallest absolute Gasteiger partial charge is 0.312 e. The first kappa shape index (κ1) is 14.8. The van der Waals surface area contributed by atoms with E-state index in [0.29, 0.717) is 5.56 Å². The van der Waals surface area contributed by atoms with Crippen LogP contribution in [0.3, 0.4) is 0 Å². The Hall–Kier alpha value is -2.60. The van der Waals surface area contributed by atoms with Crippen molar-refractivity contribution < 1.29 is 9.66 Å². The Balaban J connectivity index is 2.13. The zero-order valence-corrected chi connectivity index (χ0v) is 11.6. The molecule has 2 aromatic carbocycles. The van der Waals surface area contributed by atoms with Crippen LogP contribution in [0.15, 0.2) is 42.5 Å². The zero-order chi connectivity index (χ0) is 15.4. The van der Waals surface area contributed by atoms with Crippen molar-refractivity contribution in [1.82, 2.24) is 0 Å². The van der Waals surface area contributed by atoms with Crippen molar-refractivity contribution in [2.24, 2.45) is 5.73 Å². The lowest BCUT2D eigenvalue weighted by Crippen LogP contribution is -2.10. The van der Waals surface area contributed by atoms with Crippen LogP contribution in [0.2, 0.25) is 5.02 Å². The fraction of sp³-hybridized carbons (Fsp3) is 0.0714. The number of rotatable bonds is 5. The van der Waals surface area contributed by atoms with Gasteiger partial charge in [0.2, 0.25) is 0 Å². The molecule has 6 nitrogen and oxygen atoms in total. The van der Waals surface area contributed by atoms with E-state index in [2.05, 4.69) is 0 Å². The topological polar surface area (TPSA) is 102 Å². The standard InChI is InChI=1S/C14H12ClN3O3/c15-11-5-6-13(12(7-11)18(19)20)21-8-9-1-3-10(4-2-9)14(16)17/h1-7H,8H2,(H3,16,17). The number of hydrogen-bond donors (Lipinski definition) is 2. The molecule has 21 heavy (non-hydrogen) atoms. The van der Waals surface area contributed by atoms with Gasteiger partial charge in [-0.1, -0.05) is 35.9 Å². The molecule has 0 atom stereocenters. The van der Waals surface area contributed by atoms with Crippen molar-refractivity contribution in [3.8, 4) is 5.75 Å². The number of halogens is 1. The lowest BCUT2D eigenvalue weighted by atomic mass is 10.1. The van der Waals surface area contributed by atoms with Crippen LogP contribution in [0.4, 0.5) is 5.69 Å². The number of hydrogen-bond acceptors (Lipinski definition) is 4. The summed E-state index contributed by atoms with van der Waals surface area (Å²) in [5, 5.41) is 18.5. The largest absolute Gasteiger partial charge is 0.482 e. The summed E-state index contributed by atoms with van der Waals surface area (Å²) in [5.41, 5.74) is 6.60. The number of nitrogens with one attached hydrogen (secondary N) is 1. The fourth-order valence-electron chi connectivity index (χ4n) is 1.70. The van der Waals surface area contributed by atoms with Crippen LogP contribution in [0.25, 0.3) is 0 Å². The summed E-state index contributed by atoms with van der Waals surface area (Å²) in [6.45, 7) is 0.167. The lowest BCUT2D eigenvalue weighted by molar-refractivity contribution is -0.385. The molecule has 0 amide bonds. The average Bonchev–Trinajstić information content (AvgIpc) is 2.46. The fourth-order valence-corrected chi connectivity index (χ4v) is 1.86. The molecule has 3 N–H and O–H groups in total. The molecule has 0 spiro atoms. The summed E-state index contributed by atoms with van der Waals surface area (Å²) >= 11 is 5.73. The molecule has 0 heterocycles. The van der Waals surface area contributed by atoms with Gasteiger partial charge in [-0.15, -0.1) is 0 Å². The first-order valence-corrected chi connectivity index (χ1v) is 6.35. The van der Waals surface area contributed by atoms with Gasteiger partial charge in [-0.05, 0) is 17.7 Å². The van der Waals surface area contributed by atoms with Crippen molar-refractivity contribution in [3.05, 3.63) is 68.7 Å². The molecule has 0 saturated heterocycles. The van der Waals surface area contributed by atoms with Crippen LogP contribution in [-0.4, -0.2) is 10.8 Å². The van der Waals surface area contributed by atoms with Gasteiger partial charge in [0.15, 0.2) is 5.75 Å². The van der Waals surface area contributed by atoms with Crippen LogP contribution < -0.4 is 10.5 Å². The van der Waals surface area contributed by atoms with E-state index in [1.54, 1.807) is 24.3 Å². The molecule has 7 heteroatoms.